The number of aromatic nitrogens is 3. The molecule has 2 aromatic heterocycles. The van der Waals surface area contributed by atoms with Crippen molar-refractivity contribution in [3.8, 4) is 17.3 Å². The standard InChI is InChI=1S/C14H6BrF3N4/c15-10-3-1-2-8(6-10)11-5-4-9(7-19)12-20-13(14(16,17)18)21-22(11)12/h1-6H. The van der Waals surface area contributed by atoms with E-state index in [1.165, 1.54) is 6.07 Å². The van der Waals surface area contributed by atoms with E-state index in [1.54, 1.807) is 30.3 Å². The van der Waals surface area contributed by atoms with Gasteiger partial charge in [0.2, 0.25) is 0 Å². The molecule has 0 fully saturated rings. The van der Waals surface area contributed by atoms with Crippen molar-refractivity contribution in [3.05, 3.63) is 52.3 Å². The number of fused-ring (bicyclic) bond motifs is 1. The number of nitriles is 1. The van der Waals surface area contributed by atoms with E-state index >= 15 is 0 Å². The lowest BCUT2D eigenvalue weighted by Crippen LogP contribution is -2.07. The van der Waals surface area contributed by atoms with E-state index in [0.717, 1.165) is 8.99 Å². The predicted octanol–water partition coefficient (Wildman–Crippen LogP) is 4.05. The van der Waals surface area contributed by atoms with Crippen molar-refractivity contribution in [3.63, 3.8) is 0 Å². The summed E-state index contributed by atoms with van der Waals surface area (Å²) in [5.41, 5.74) is 0.981. The van der Waals surface area contributed by atoms with Crippen LogP contribution >= 0.6 is 15.9 Å². The highest BCUT2D eigenvalue weighted by Gasteiger charge is 2.37. The summed E-state index contributed by atoms with van der Waals surface area (Å²) < 4.78 is 40.3. The van der Waals surface area contributed by atoms with Gasteiger partial charge in [-0.05, 0) is 24.3 Å². The van der Waals surface area contributed by atoms with Crippen molar-refractivity contribution in [1.29, 1.82) is 5.26 Å². The van der Waals surface area contributed by atoms with Gasteiger partial charge in [-0.3, -0.25) is 0 Å². The Labute approximate surface area is 131 Å². The smallest absolute Gasteiger partial charge is 0.211 e. The fourth-order valence-corrected chi connectivity index (χ4v) is 2.43. The molecule has 0 aliphatic carbocycles. The van der Waals surface area contributed by atoms with E-state index in [0.29, 0.717) is 11.3 Å². The molecule has 0 unspecified atom stereocenters. The molecule has 110 valence electrons. The largest absolute Gasteiger partial charge is 0.453 e. The predicted molar refractivity (Wildman–Crippen MR) is 75.8 cm³/mol. The quantitative estimate of drug-likeness (QED) is 0.652. The second kappa shape index (κ2) is 5.10. The van der Waals surface area contributed by atoms with Gasteiger partial charge >= 0.3 is 6.18 Å². The minimum Gasteiger partial charge on any atom is -0.211 e. The van der Waals surface area contributed by atoms with Crippen LogP contribution in [-0.4, -0.2) is 14.6 Å². The van der Waals surface area contributed by atoms with Gasteiger partial charge in [-0.2, -0.15) is 18.4 Å². The summed E-state index contributed by atoms with van der Waals surface area (Å²) in [5.74, 6) is -1.27. The third-order valence-electron chi connectivity index (χ3n) is 2.98. The molecular formula is C14H6BrF3N4. The zero-order valence-corrected chi connectivity index (χ0v) is 12.4. The molecule has 2 heterocycles. The van der Waals surface area contributed by atoms with Gasteiger partial charge in [-0.25, -0.2) is 9.50 Å². The Kier molecular flexibility index (Phi) is 3.37. The first-order valence-electron chi connectivity index (χ1n) is 6.03. The third kappa shape index (κ3) is 2.44. The number of rotatable bonds is 1. The van der Waals surface area contributed by atoms with Crippen molar-refractivity contribution < 1.29 is 13.2 Å². The molecule has 0 N–H and O–H groups in total. The third-order valence-corrected chi connectivity index (χ3v) is 3.47. The summed E-state index contributed by atoms with van der Waals surface area (Å²) in [7, 11) is 0. The van der Waals surface area contributed by atoms with Crippen LogP contribution in [0.5, 0.6) is 0 Å². The highest BCUT2D eigenvalue weighted by Crippen LogP contribution is 2.30. The molecule has 8 heteroatoms. The molecule has 3 rings (SSSR count). The van der Waals surface area contributed by atoms with Crippen LogP contribution in [-0.2, 0) is 6.18 Å². The van der Waals surface area contributed by atoms with Crippen molar-refractivity contribution in [2.75, 3.05) is 0 Å². The van der Waals surface area contributed by atoms with Crippen molar-refractivity contribution in [2.24, 2.45) is 0 Å². The first kappa shape index (κ1) is 14.5. The minimum absolute atomic E-state index is 0.0294. The van der Waals surface area contributed by atoms with Gasteiger partial charge in [0.15, 0.2) is 5.65 Å². The molecule has 0 saturated carbocycles. The molecule has 0 aliphatic rings. The Morgan fingerprint density at radius 3 is 2.59 bits per heavy atom. The number of hydrogen-bond acceptors (Lipinski definition) is 3. The summed E-state index contributed by atoms with van der Waals surface area (Å²) in [4.78, 5) is 3.46. The Morgan fingerprint density at radius 2 is 1.95 bits per heavy atom. The Balaban J connectivity index is 2.33. The first-order chi connectivity index (χ1) is 10.4. The molecule has 0 amide bonds. The number of pyridine rings is 1. The van der Waals surface area contributed by atoms with Gasteiger partial charge in [0.1, 0.15) is 6.07 Å². The van der Waals surface area contributed by atoms with Crippen molar-refractivity contribution >= 4 is 21.6 Å². The van der Waals surface area contributed by atoms with Crippen LogP contribution in [0.3, 0.4) is 0 Å². The van der Waals surface area contributed by atoms with Gasteiger partial charge in [-0.1, -0.05) is 28.1 Å². The summed E-state index contributed by atoms with van der Waals surface area (Å²) in [5, 5.41) is 12.5. The molecule has 3 aromatic rings. The molecule has 0 saturated heterocycles. The van der Waals surface area contributed by atoms with E-state index in [4.69, 9.17) is 5.26 Å². The molecule has 1 aromatic carbocycles. The highest BCUT2D eigenvalue weighted by molar-refractivity contribution is 9.10. The average molecular weight is 367 g/mol. The Bertz CT molecular complexity index is 909. The molecule has 4 nitrogen and oxygen atoms in total. The van der Waals surface area contributed by atoms with Crippen LogP contribution in [0.2, 0.25) is 0 Å². The maximum absolute atomic E-state index is 12.8. The first-order valence-corrected chi connectivity index (χ1v) is 6.82. The number of halogens is 4. The SMILES string of the molecule is N#Cc1ccc(-c2cccc(Br)c2)n2nc(C(F)(F)F)nc12. The van der Waals surface area contributed by atoms with Gasteiger partial charge in [0.05, 0.1) is 11.3 Å². The fourth-order valence-electron chi connectivity index (χ4n) is 2.04. The van der Waals surface area contributed by atoms with Crippen LogP contribution in [0.25, 0.3) is 16.9 Å². The molecular weight excluding hydrogens is 361 g/mol. The zero-order valence-electron chi connectivity index (χ0n) is 10.8. The lowest BCUT2D eigenvalue weighted by Gasteiger charge is -2.05. The monoisotopic (exact) mass is 366 g/mol. The van der Waals surface area contributed by atoms with Gasteiger partial charge in [0, 0.05) is 10.0 Å². The molecule has 0 radical (unpaired) electrons. The summed E-state index contributed by atoms with van der Waals surface area (Å²) in [6.45, 7) is 0. The van der Waals surface area contributed by atoms with Crippen LogP contribution in [0.4, 0.5) is 13.2 Å². The number of nitrogens with zero attached hydrogens (tertiary/aromatic N) is 4. The minimum atomic E-state index is -4.67. The van der Waals surface area contributed by atoms with Crippen molar-refractivity contribution in [1.82, 2.24) is 14.6 Å². The second-order valence-electron chi connectivity index (χ2n) is 4.42. The van der Waals surface area contributed by atoms with E-state index < -0.39 is 12.0 Å². The lowest BCUT2D eigenvalue weighted by atomic mass is 10.1. The normalized spacial score (nSPS) is 11.6. The Hall–Kier alpha value is -2.40. The van der Waals surface area contributed by atoms with Gasteiger partial charge in [0.25, 0.3) is 5.82 Å². The van der Waals surface area contributed by atoms with Gasteiger partial charge in [-0.15, -0.1) is 5.10 Å². The summed E-state index contributed by atoms with van der Waals surface area (Å²) in [6.07, 6.45) is -4.67. The maximum Gasteiger partial charge on any atom is 0.453 e. The van der Waals surface area contributed by atoms with Crippen LogP contribution in [0.15, 0.2) is 40.9 Å². The van der Waals surface area contributed by atoms with Crippen LogP contribution in [0.1, 0.15) is 11.4 Å². The number of hydrogen-bond donors (Lipinski definition) is 0. The molecule has 0 bridgehead atoms. The molecule has 0 aliphatic heterocycles. The molecule has 0 spiro atoms. The van der Waals surface area contributed by atoms with E-state index in [1.807, 2.05) is 6.07 Å². The van der Waals surface area contributed by atoms with Gasteiger partial charge < -0.3 is 0 Å². The van der Waals surface area contributed by atoms with Crippen molar-refractivity contribution in [2.45, 2.75) is 6.18 Å². The number of alkyl halides is 3. The second-order valence-corrected chi connectivity index (χ2v) is 5.34. The summed E-state index contributed by atoms with van der Waals surface area (Å²) in [6, 6.07) is 11.8. The topological polar surface area (TPSA) is 54.0 Å². The molecule has 22 heavy (non-hydrogen) atoms. The fraction of sp³-hybridized carbons (Fsp3) is 0.0714. The average Bonchev–Trinajstić information content (AvgIpc) is 2.91. The zero-order chi connectivity index (χ0) is 15.9. The van der Waals surface area contributed by atoms with E-state index in [9.17, 15) is 13.2 Å². The van der Waals surface area contributed by atoms with E-state index in [2.05, 4.69) is 26.0 Å². The number of benzene rings is 1. The highest BCUT2D eigenvalue weighted by atomic mass is 79.9. The van der Waals surface area contributed by atoms with Crippen LogP contribution < -0.4 is 0 Å². The lowest BCUT2D eigenvalue weighted by molar-refractivity contribution is -0.144. The summed E-state index contributed by atoms with van der Waals surface area (Å²) >= 11 is 3.31. The van der Waals surface area contributed by atoms with Crippen LogP contribution in [0, 0.1) is 11.3 Å². The van der Waals surface area contributed by atoms with E-state index in [-0.39, 0.29) is 11.2 Å². The molecule has 0 atom stereocenters. The Morgan fingerprint density at radius 1 is 1.18 bits per heavy atom. The maximum atomic E-state index is 12.8.